The molecule has 0 radical (unpaired) electrons. The third-order valence-electron chi connectivity index (χ3n) is 4.37. The summed E-state index contributed by atoms with van der Waals surface area (Å²) in [5.74, 6) is 0.899. The first-order chi connectivity index (χ1) is 9.00. The van der Waals surface area contributed by atoms with E-state index < -0.39 is 5.60 Å². The Morgan fingerprint density at radius 1 is 1.21 bits per heavy atom. The van der Waals surface area contributed by atoms with Gasteiger partial charge in [0.15, 0.2) is 0 Å². The van der Waals surface area contributed by atoms with Gasteiger partial charge >= 0.3 is 0 Å². The summed E-state index contributed by atoms with van der Waals surface area (Å²) in [5.41, 5.74) is 2.61. The summed E-state index contributed by atoms with van der Waals surface area (Å²) in [6.45, 7) is 9.27. The van der Waals surface area contributed by atoms with E-state index >= 15 is 0 Å². The Balaban J connectivity index is 2.29. The molecule has 3 nitrogen and oxygen atoms in total. The van der Waals surface area contributed by atoms with Gasteiger partial charge in [0.05, 0.1) is 12.7 Å². The molecule has 1 aromatic rings. The first-order valence-electron chi connectivity index (χ1n) is 7.10. The molecule has 0 spiro atoms. The van der Waals surface area contributed by atoms with Crippen LogP contribution in [0.1, 0.15) is 36.5 Å². The van der Waals surface area contributed by atoms with E-state index in [1.54, 1.807) is 7.11 Å². The van der Waals surface area contributed by atoms with E-state index in [4.69, 9.17) is 4.74 Å². The monoisotopic (exact) mass is 263 g/mol. The molecule has 1 fully saturated rings. The SMILES string of the molecule is CCN1CCC(O)(c2cc(C)c(OC)cc2C)CC1. The molecule has 0 saturated carbocycles. The largest absolute Gasteiger partial charge is 0.496 e. The van der Waals surface area contributed by atoms with Gasteiger partial charge in [-0.05, 0) is 62.1 Å². The highest BCUT2D eigenvalue weighted by molar-refractivity contribution is 5.44. The van der Waals surface area contributed by atoms with Crippen LogP contribution in [0.3, 0.4) is 0 Å². The molecule has 0 atom stereocenters. The van der Waals surface area contributed by atoms with Crippen molar-refractivity contribution >= 4 is 0 Å². The fourth-order valence-corrected chi connectivity index (χ4v) is 3.02. The lowest BCUT2D eigenvalue weighted by molar-refractivity contribution is -0.0252. The average Bonchev–Trinajstić information content (AvgIpc) is 2.41. The maximum Gasteiger partial charge on any atom is 0.122 e. The zero-order valence-electron chi connectivity index (χ0n) is 12.5. The number of likely N-dealkylation sites (tertiary alicyclic amines) is 1. The summed E-state index contributed by atoms with van der Waals surface area (Å²) in [5, 5.41) is 11.0. The summed E-state index contributed by atoms with van der Waals surface area (Å²) in [6, 6.07) is 4.13. The fourth-order valence-electron chi connectivity index (χ4n) is 3.02. The summed E-state index contributed by atoms with van der Waals surface area (Å²) in [4.78, 5) is 2.39. The lowest BCUT2D eigenvalue weighted by Gasteiger charge is -2.39. The third-order valence-corrected chi connectivity index (χ3v) is 4.37. The van der Waals surface area contributed by atoms with Crippen LogP contribution in [0.5, 0.6) is 5.75 Å². The molecule has 1 aliphatic heterocycles. The minimum Gasteiger partial charge on any atom is -0.496 e. The number of hydrogen-bond acceptors (Lipinski definition) is 3. The topological polar surface area (TPSA) is 32.7 Å². The second-order valence-electron chi connectivity index (χ2n) is 5.60. The van der Waals surface area contributed by atoms with Gasteiger partial charge in [0.25, 0.3) is 0 Å². The molecule has 1 saturated heterocycles. The van der Waals surface area contributed by atoms with Gasteiger partial charge in [0.2, 0.25) is 0 Å². The number of aryl methyl sites for hydroxylation is 2. The average molecular weight is 263 g/mol. The molecule has 0 aliphatic carbocycles. The summed E-state index contributed by atoms with van der Waals surface area (Å²) < 4.78 is 5.35. The Morgan fingerprint density at radius 2 is 1.84 bits per heavy atom. The first kappa shape index (κ1) is 14.4. The number of aliphatic hydroxyl groups is 1. The first-order valence-corrected chi connectivity index (χ1v) is 7.10. The van der Waals surface area contributed by atoms with Gasteiger partial charge in [-0.15, -0.1) is 0 Å². The van der Waals surface area contributed by atoms with Gasteiger partial charge in [0, 0.05) is 13.1 Å². The van der Waals surface area contributed by atoms with Crippen molar-refractivity contribution in [3.8, 4) is 5.75 Å². The maximum absolute atomic E-state index is 11.0. The van der Waals surface area contributed by atoms with Crippen LogP contribution < -0.4 is 4.74 Å². The minimum absolute atomic E-state index is 0.674. The number of piperidine rings is 1. The summed E-state index contributed by atoms with van der Waals surface area (Å²) in [7, 11) is 1.69. The Bertz CT molecular complexity index is 448. The van der Waals surface area contributed by atoms with E-state index in [1.807, 2.05) is 13.0 Å². The molecule has 0 amide bonds. The molecular weight excluding hydrogens is 238 g/mol. The van der Waals surface area contributed by atoms with Gasteiger partial charge in [0.1, 0.15) is 5.75 Å². The third kappa shape index (κ3) is 2.77. The van der Waals surface area contributed by atoms with Crippen molar-refractivity contribution in [2.75, 3.05) is 26.7 Å². The van der Waals surface area contributed by atoms with Gasteiger partial charge in [-0.1, -0.05) is 6.92 Å². The van der Waals surface area contributed by atoms with Crippen LogP contribution in [0.4, 0.5) is 0 Å². The number of benzene rings is 1. The van der Waals surface area contributed by atoms with Gasteiger partial charge in [-0.2, -0.15) is 0 Å². The quantitative estimate of drug-likeness (QED) is 0.910. The number of methoxy groups -OCH3 is 1. The maximum atomic E-state index is 11.0. The van der Waals surface area contributed by atoms with E-state index in [2.05, 4.69) is 24.8 Å². The molecule has 0 unspecified atom stereocenters. The van der Waals surface area contributed by atoms with Crippen molar-refractivity contribution in [3.63, 3.8) is 0 Å². The molecule has 1 aromatic carbocycles. The highest BCUT2D eigenvalue weighted by Gasteiger charge is 2.35. The molecule has 1 N–H and O–H groups in total. The second kappa shape index (κ2) is 5.51. The van der Waals surface area contributed by atoms with Crippen molar-refractivity contribution in [1.82, 2.24) is 4.90 Å². The minimum atomic E-state index is -0.674. The Hall–Kier alpha value is -1.06. The molecule has 0 bridgehead atoms. The van der Waals surface area contributed by atoms with Crippen LogP contribution in [-0.4, -0.2) is 36.8 Å². The van der Waals surface area contributed by atoms with Crippen LogP contribution in [0.2, 0.25) is 0 Å². The van der Waals surface area contributed by atoms with E-state index in [-0.39, 0.29) is 0 Å². The smallest absolute Gasteiger partial charge is 0.122 e. The van der Waals surface area contributed by atoms with Crippen molar-refractivity contribution in [1.29, 1.82) is 0 Å². The van der Waals surface area contributed by atoms with Crippen LogP contribution in [0, 0.1) is 13.8 Å². The van der Waals surface area contributed by atoms with Gasteiger partial charge < -0.3 is 14.7 Å². The number of hydrogen-bond donors (Lipinski definition) is 1. The van der Waals surface area contributed by atoms with E-state index in [1.165, 1.54) is 0 Å². The zero-order valence-corrected chi connectivity index (χ0v) is 12.5. The lowest BCUT2D eigenvalue weighted by atomic mass is 9.81. The molecule has 3 heteroatoms. The van der Waals surface area contributed by atoms with Crippen LogP contribution in [0.25, 0.3) is 0 Å². The van der Waals surface area contributed by atoms with Crippen molar-refractivity contribution in [3.05, 3.63) is 28.8 Å². The molecule has 2 rings (SSSR count). The van der Waals surface area contributed by atoms with Gasteiger partial charge in [-0.3, -0.25) is 0 Å². The Labute approximate surface area is 116 Å². The Morgan fingerprint density at radius 3 is 2.37 bits per heavy atom. The molecule has 1 heterocycles. The van der Waals surface area contributed by atoms with Crippen molar-refractivity contribution in [2.24, 2.45) is 0 Å². The number of ether oxygens (including phenoxy) is 1. The van der Waals surface area contributed by atoms with Crippen LogP contribution in [-0.2, 0) is 5.60 Å². The number of nitrogens with zero attached hydrogens (tertiary/aromatic N) is 1. The van der Waals surface area contributed by atoms with Crippen LogP contribution in [0.15, 0.2) is 12.1 Å². The lowest BCUT2D eigenvalue weighted by Crippen LogP contribution is -2.42. The van der Waals surface area contributed by atoms with Crippen LogP contribution >= 0.6 is 0 Å². The van der Waals surface area contributed by atoms with E-state index in [9.17, 15) is 5.11 Å². The zero-order chi connectivity index (χ0) is 14.0. The number of rotatable bonds is 3. The molecule has 19 heavy (non-hydrogen) atoms. The summed E-state index contributed by atoms with van der Waals surface area (Å²) >= 11 is 0. The highest BCUT2D eigenvalue weighted by Crippen LogP contribution is 2.37. The van der Waals surface area contributed by atoms with Crippen molar-refractivity contribution < 1.29 is 9.84 Å². The highest BCUT2D eigenvalue weighted by atomic mass is 16.5. The Kier molecular flexibility index (Phi) is 4.16. The predicted molar refractivity (Wildman–Crippen MR) is 77.7 cm³/mol. The van der Waals surface area contributed by atoms with Gasteiger partial charge in [-0.25, -0.2) is 0 Å². The summed E-state index contributed by atoms with van der Waals surface area (Å²) in [6.07, 6.45) is 1.63. The van der Waals surface area contributed by atoms with Crippen molar-refractivity contribution in [2.45, 2.75) is 39.2 Å². The molecule has 0 aromatic heterocycles. The molecule has 106 valence electrons. The fraction of sp³-hybridized carbons (Fsp3) is 0.625. The van der Waals surface area contributed by atoms with E-state index in [0.717, 1.165) is 54.9 Å². The van der Waals surface area contributed by atoms with E-state index in [0.29, 0.717) is 0 Å². The molecular formula is C16H25NO2. The molecule has 1 aliphatic rings. The normalized spacial score (nSPS) is 19.4. The standard InChI is InChI=1S/C16H25NO2/c1-5-17-8-6-16(18,7-9-17)14-10-13(3)15(19-4)11-12(14)2/h10-11,18H,5-9H2,1-4H3. The second-order valence-corrected chi connectivity index (χ2v) is 5.60. The predicted octanol–water partition coefficient (Wildman–Crippen LogP) is 2.62.